The Bertz CT molecular complexity index is 685. The van der Waals surface area contributed by atoms with Crippen molar-refractivity contribution in [1.82, 2.24) is 4.90 Å². The van der Waals surface area contributed by atoms with E-state index in [1.165, 1.54) is 18.4 Å². The Labute approximate surface area is 163 Å². The normalized spacial score (nSPS) is 28.3. The summed E-state index contributed by atoms with van der Waals surface area (Å²) >= 11 is 0. The fourth-order valence-corrected chi connectivity index (χ4v) is 5.09. The summed E-state index contributed by atoms with van der Waals surface area (Å²) in [5.41, 5.74) is 1.54. The van der Waals surface area contributed by atoms with Crippen LogP contribution < -0.4 is 9.47 Å². The maximum Gasteiger partial charge on any atom is 0.226 e. The van der Waals surface area contributed by atoms with Gasteiger partial charge in [0.1, 0.15) is 13.2 Å². The van der Waals surface area contributed by atoms with Crippen molar-refractivity contribution in [3.63, 3.8) is 0 Å². The largest absolute Gasteiger partial charge is 0.486 e. The molecule has 4 heteroatoms. The van der Waals surface area contributed by atoms with Crippen LogP contribution >= 0.6 is 0 Å². The molecule has 2 fully saturated rings. The summed E-state index contributed by atoms with van der Waals surface area (Å²) in [4.78, 5) is 15.4. The summed E-state index contributed by atoms with van der Waals surface area (Å²) < 4.78 is 11.4. The van der Waals surface area contributed by atoms with E-state index in [-0.39, 0.29) is 12.0 Å². The molecule has 0 radical (unpaired) electrons. The molecular weight excluding hydrogens is 338 g/mol. The average Bonchev–Trinajstić information content (AvgIpc) is 3.16. The van der Waals surface area contributed by atoms with E-state index in [0.717, 1.165) is 49.6 Å². The van der Waals surface area contributed by atoms with Crippen molar-refractivity contribution in [1.29, 1.82) is 0 Å². The van der Waals surface area contributed by atoms with Gasteiger partial charge in [0, 0.05) is 12.5 Å². The Morgan fingerprint density at radius 1 is 1.00 bits per heavy atom. The number of amides is 1. The standard InChI is InChI=1S/C23H33NO3/c1-23(2,3)18-9-6-16(7-10-18)22(25)24-12-4-5-19(24)17-8-11-20-21(15-17)27-14-13-26-20/h8,11,15-16,18-19H,4-7,9-10,12-14H2,1-3H3/t16?,18?,19-/m0/s1. The summed E-state index contributed by atoms with van der Waals surface area (Å²) in [5.74, 6) is 2.97. The first kappa shape index (κ1) is 18.6. The SMILES string of the molecule is CC(C)(C)C1CCC(C(=O)N2CCC[C@H]2c2ccc3c(c2)OCCO3)CC1. The molecule has 1 saturated carbocycles. The number of fused-ring (bicyclic) bond motifs is 1. The smallest absolute Gasteiger partial charge is 0.226 e. The van der Waals surface area contributed by atoms with E-state index in [0.29, 0.717) is 24.5 Å². The third-order valence-electron chi connectivity index (χ3n) is 6.79. The Morgan fingerprint density at radius 2 is 1.70 bits per heavy atom. The van der Waals surface area contributed by atoms with Crippen molar-refractivity contribution in [2.45, 2.75) is 65.3 Å². The lowest BCUT2D eigenvalue weighted by Crippen LogP contribution is -2.38. The van der Waals surface area contributed by atoms with E-state index in [9.17, 15) is 4.79 Å². The predicted molar refractivity (Wildman–Crippen MR) is 106 cm³/mol. The average molecular weight is 372 g/mol. The van der Waals surface area contributed by atoms with Crippen molar-refractivity contribution in [2.24, 2.45) is 17.3 Å². The second kappa shape index (κ2) is 7.37. The highest BCUT2D eigenvalue weighted by atomic mass is 16.6. The molecule has 0 aromatic heterocycles. The van der Waals surface area contributed by atoms with Crippen LogP contribution in [0.2, 0.25) is 0 Å². The van der Waals surface area contributed by atoms with Gasteiger partial charge in [-0.15, -0.1) is 0 Å². The molecule has 1 atom stereocenters. The minimum Gasteiger partial charge on any atom is -0.486 e. The van der Waals surface area contributed by atoms with Crippen LogP contribution in [0.4, 0.5) is 0 Å². The summed E-state index contributed by atoms with van der Waals surface area (Å²) in [6.07, 6.45) is 6.59. The molecule has 1 amide bonds. The maximum atomic E-state index is 13.3. The van der Waals surface area contributed by atoms with Crippen LogP contribution in [0.5, 0.6) is 11.5 Å². The Balaban J connectivity index is 1.45. The number of likely N-dealkylation sites (tertiary alicyclic amines) is 1. The highest BCUT2D eigenvalue weighted by molar-refractivity contribution is 5.79. The van der Waals surface area contributed by atoms with Crippen LogP contribution in [0.25, 0.3) is 0 Å². The third kappa shape index (κ3) is 3.81. The zero-order chi connectivity index (χ0) is 19.0. The van der Waals surface area contributed by atoms with Gasteiger partial charge in [-0.1, -0.05) is 26.8 Å². The first-order chi connectivity index (χ1) is 12.9. The molecule has 1 aromatic carbocycles. The lowest BCUT2D eigenvalue weighted by Gasteiger charge is -2.38. The fourth-order valence-electron chi connectivity index (χ4n) is 5.09. The number of carbonyl (C=O) groups excluding carboxylic acids is 1. The van der Waals surface area contributed by atoms with Crippen LogP contribution in [0, 0.1) is 17.3 Å². The van der Waals surface area contributed by atoms with Gasteiger partial charge in [0.25, 0.3) is 0 Å². The summed E-state index contributed by atoms with van der Waals surface area (Å²) in [5, 5.41) is 0. The molecule has 2 heterocycles. The van der Waals surface area contributed by atoms with E-state index in [4.69, 9.17) is 9.47 Å². The zero-order valence-corrected chi connectivity index (χ0v) is 17.0. The van der Waals surface area contributed by atoms with Crippen molar-refractivity contribution in [2.75, 3.05) is 19.8 Å². The molecule has 0 bridgehead atoms. The lowest BCUT2D eigenvalue weighted by molar-refractivity contribution is -0.138. The second-order valence-corrected chi connectivity index (χ2v) is 9.51. The van der Waals surface area contributed by atoms with Gasteiger partial charge in [0.2, 0.25) is 5.91 Å². The number of hydrogen-bond donors (Lipinski definition) is 0. The number of benzene rings is 1. The van der Waals surface area contributed by atoms with Crippen LogP contribution in [-0.2, 0) is 4.79 Å². The van der Waals surface area contributed by atoms with Gasteiger partial charge in [-0.3, -0.25) is 4.79 Å². The van der Waals surface area contributed by atoms with Gasteiger partial charge in [-0.2, -0.15) is 0 Å². The van der Waals surface area contributed by atoms with Crippen LogP contribution in [-0.4, -0.2) is 30.6 Å². The second-order valence-electron chi connectivity index (χ2n) is 9.51. The molecule has 2 aliphatic heterocycles. The molecule has 27 heavy (non-hydrogen) atoms. The minimum absolute atomic E-state index is 0.189. The van der Waals surface area contributed by atoms with E-state index in [1.807, 2.05) is 6.07 Å². The molecule has 148 valence electrons. The van der Waals surface area contributed by atoms with E-state index >= 15 is 0 Å². The molecule has 0 spiro atoms. The molecule has 1 aromatic rings. The van der Waals surface area contributed by atoms with Gasteiger partial charge >= 0.3 is 0 Å². The van der Waals surface area contributed by atoms with Gasteiger partial charge in [-0.25, -0.2) is 0 Å². The van der Waals surface area contributed by atoms with E-state index in [2.05, 4.69) is 37.8 Å². The van der Waals surface area contributed by atoms with Crippen LogP contribution in [0.15, 0.2) is 18.2 Å². The quantitative estimate of drug-likeness (QED) is 0.736. The predicted octanol–water partition coefficient (Wildman–Crippen LogP) is 4.97. The molecule has 0 unspecified atom stereocenters. The molecule has 3 aliphatic rings. The van der Waals surface area contributed by atoms with Gasteiger partial charge < -0.3 is 14.4 Å². The Hall–Kier alpha value is -1.71. The van der Waals surface area contributed by atoms with Crippen molar-refractivity contribution < 1.29 is 14.3 Å². The maximum absolute atomic E-state index is 13.3. The Morgan fingerprint density at radius 3 is 2.41 bits per heavy atom. The van der Waals surface area contributed by atoms with Crippen LogP contribution in [0.1, 0.15) is 70.9 Å². The highest BCUT2D eigenvalue weighted by Gasteiger charge is 2.38. The monoisotopic (exact) mass is 371 g/mol. The molecule has 4 rings (SSSR count). The number of rotatable bonds is 2. The first-order valence-corrected chi connectivity index (χ1v) is 10.6. The van der Waals surface area contributed by atoms with Crippen molar-refractivity contribution >= 4 is 5.91 Å². The Kier molecular flexibility index (Phi) is 5.09. The number of hydrogen-bond acceptors (Lipinski definition) is 3. The number of nitrogens with zero attached hydrogens (tertiary/aromatic N) is 1. The summed E-state index contributed by atoms with van der Waals surface area (Å²) in [7, 11) is 0. The topological polar surface area (TPSA) is 38.8 Å². The van der Waals surface area contributed by atoms with Gasteiger partial charge in [-0.05, 0) is 67.6 Å². The summed E-state index contributed by atoms with van der Waals surface area (Å²) in [6.45, 7) is 9.09. The molecule has 4 nitrogen and oxygen atoms in total. The lowest BCUT2D eigenvalue weighted by atomic mass is 9.69. The molecule has 0 N–H and O–H groups in total. The summed E-state index contributed by atoms with van der Waals surface area (Å²) in [6, 6.07) is 6.38. The molecule has 1 aliphatic carbocycles. The number of ether oxygens (including phenoxy) is 2. The number of carbonyl (C=O) groups is 1. The van der Waals surface area contributed by atoms with Crippen LogP contribution in [0.3, 0.4) is 0 Å². The molecular formula is C23H33NO3. The van der Waals surface area contributed by atoms with E-state index < -0.39 is 0 Å². The zero-order valence-electron chi connectivity index (χ0n) is 17.0. The van der Waals surface area contributed by atoms with Gasteiger partial charge in [0.15, 0.2) is 11.5 Å². The van der Waals surface area contributed by atoms with Gasteiger partial charge in [0.05, 0.1) is 6.04 Å². The first-order valence-electron chi connectivity index (χ1n) is 10.6. The molecule has 1 saturated heterocycles. The fraction of sp³-hybridized carbons (Fsp3) is 0.696. The third-order valence-corrected chi connectivity index (χ3v) is 6.79. The minimum atomic E-state index is 0.189. The van der Waals surface area contributed by atoms with Crippen molar-refractivity contribution in [3.05, 3.63) is 23.8 Å². The van der Waals surface area contributed by atoms with E-state index in [1.54, 1.807) is 0 Å². The highest BCUT2D eigenvalue weighted by Crippen LogP contribution is 2.43. The van der Waals surface area contributed by atoms with Crippen molar-refractivity contribution in [3.8, 4) is 11.5 Å².